The summed E-state index contributed by atoms with van der Waals surface area (Å²) < 4.78 is 12.4. The van der Waals surface area contributed by atoms with Crippen LogP contribution in [0.3, 0.4) is 0 Å². The van der Waals surface area contributed by atoms with Gasteiger partial charge in [0.05, 0.1) is 0 Å². The molecule has 0 atom stereocenters. The minimum absolute atomic E-state index is 0.153. The van der Waals surface area contributed by atoms with E-state index >= 15 is 0 Å². The van der Waals surface area contributed by atoms with Crippen LogP contribution < -0.4 is 10.6 Å². The minimum Gasteiger partial charge on any atom is -0.409 e. The highest BCUT2D eigenvalue weighted by Crippen LogP contribution is 2.13. The highest BCUT2D eigenvalue weighted by molar-refractivity contribution is 5.80. The second-order valence-electron chi connectivity index (χ2n) is 3.35. The highest BCUT2D eigenvalue weighted by atomic mass is 19.1. The van der Waals surface area contributed by atoms with Gasteiger partial charge in [-0.15, -0.1) is 0 Å². The summed E-state index contributed by atoms with van der Waals surface area (Å²) in [7, 11) is 0. The first kappa shape index (κ1) is 12.3. The molecule has 0 spiro atoms. The normalized spacial score (nSPS) is 11.4. The number of anilines is 1. The molecular formula is C11H16FN3O. The molecule has 0 fully saturated rings. The van der Waals surface area contributed by atoms with E-state index in [1.54, 1.807) is 0 Å². The lowest BCUT2D eigenvalue weighted by atomic mass is 10.2. The Kier molecular flexibility index (Phi) is 5.11. The Morgan fingerprint density at radius 3 is 2.56 bits per heavy atom. The minimum atomic E-state index is -0.426. The van der Waals surface area contributed by atoms with Gasteiger partial charge < -0.3 is 15.8 Å². The van der Waals surface area contributed by atoms with Crippen molar-refractivity contribution in [1.82, 2.24) is 0 Å². The third-order valence-electron chi connectivity index (χ3n) is 2.24. The number of oxime groups is 1. The van der Waals surface area contributed by atoms with E-state index < -0.39 is 6.67 Å². The number of rotatable bonds is 6. The predicted octanol–water partition coefficient (Wildman–Crippen LogP) is 1.60. The van der Waals surface area contributed by atoms with Crippen molar-refractivity contribution in [2.24, 2.45) is 10.9 Å². The first-order valence-corrected chi connectivity index (χ1v) is 5.10. The van der Waals surface area contributed by atoms with Gasteiger partial charge in [-0.05, 0) is 12.1 Å². The van der Waals surface area contributed by atoms with Crippen molar-refractivity contribution in [1.29, 1.82) is 0 Å². The number of hydrogen-bond donors (Lipinski definition) is 2. The van der Waals surface area contributed by atoms with E-state index in [2.05, 4.69) is 5.16 Å². The van der Waals surface area contributed by atoms with Gasteiger partial charge in [0.15, 0.2) is 0 Å². The second kappa shape index (κ2) is 6.66. The third kappa shape index (κ3) is 3.76. The van der Waals surface area contributed by atoms with Crippen molar-refractivity contribution < 1.29 is 9.60 Å². The van der Waals surface area contributed by atoms with Crippen molar-refractivity contribution in [2.45, 2.75) is 6.42 Å². The lowest BCUT2D eigenvalue weighted by molar-refractivity contribution is 0.317. The Labute approximate surface area is 94.2 Å². The monoisotopic (exact) mass is 225 g/mol. The molecule has 0 radical (unpaired) electrons. The van der Waals surface area contributed by atoms with Gasteiger partial charge in [0.2, 0.25) is 0 Å². The summed E-state index contributed by atoms with van der Waals surface area (Å²) in [6.07, 6.45) is 0.408. The van der Waals surface area contributed by atoms with Gasteiger partial charge in [-0.1, -0.05) is 23.4 Å². The number of halogens is 1. The summed E-state index contributed by atoms with van der Waals surface area (Å²) >= 11 is 0. The van der Waals surface area contributed by atoms with Crippen LogP contribution >= 0.6 is 0 Å². The van der Waals surface area contributed by atoms with E-state index in [1.165, 1.54) is 0 Å². The fourth-order valence-electron chi connectivity index (χ4n) is 1.41. The maximum atomic E-state index is 12.4. The van der Waals surface area contributed by atoms with Crippen LogP contribution in [-0.2, 0) is 0 Å². The van der Waals surface area contributed by atoms with Gasteiger partial charge in [0, 0.05) is 25.2 Å². The highest BCUT2D eigenvalue weighted by Gasteiger charge is 2.06. The second-order valence-corrected chi connectivity index (χ2v) is 3.35. The molecule has 0 bridgehead atoms. The van der Waals surface area contributed by atoms with Crippen LogP contribution in [0.2, 0.25) is 0 Å². The average molecular weight is 225 g/mol. The van der Waals surface area contributed by atoms with Crippen molar-refractivity contribution in [3.8, 4) is 0 Å². The molecule has 0 aromatic heterocycles. The van der Waals surface area contributed by atoms with Gasteiger partial charge in [-0.3, -0.25) is 0 Å². The molecule has 0 aliphatic heterocycles. The topological polar surface area (TPSA) is 61.8 Å². The molecule has 0 aliphatic rings. The van der Waals surface area contributed by atoms with E-state index in [4.69, 9.17) is 10.9 Å². The number of alkyl halides is 1. The van der Waals surface area contributed by atoms with E-state index in [1.807, 2.05) is 35.2 Å². The molecule has 0 heterocycles. The Balaban J connectivity index is 2.61. The number of para-hydroxylation sites is 1. The van der Waals surface area contributed by atoms with Crippen LogP contribution in [0.4, 0.5) is 10.1 Å². The van der Waals surface area contributed by atoms with Crippen LogP contribution in [0, 0.1) is 0 Å². The predicted molar refractivity (Wildman–Crippen MR) is 62.7 cm³/mol. The largest absolute Gasteiger partial charge is 0.409 e. The van der Waals surface area contributed by atoms with Crippen LogP contribution in [0.15, 0.2) is 35.5 Å². The molecule has 0 unspecified atom stereocenters. The van der Waals surface area contributed by atoms with Crippen molar-refractivity contribution in [2.75, 3.05) is 24.7 Å². The van der Waals surface area contributed by atoms with E-state index in [0.29, 0.717) is 19.5 Å². The molecule has 3 N–H and O–H groups in total. The maximum absolute atomic E-state index is 12.4. The number of hydrogen-bond acceptors (Lipinski definition) is 3. The van der Waals surface area contributed by atoms with Crippen LogP contribution in [0.1, 0.15) is 6.42 Å². The van der Waals surface area contributed by atoms with Gasteiger partial charge >= 0.3 is 0 Å². The van der Waals surface area contributed by atoms with Gasteiger partial charge in [-0.2, -0.15) is 0 Å². The zero-order chi connectivity index (χ0) is 11.8. The number of nitrogens with two attached hydrogens (primary N) is 1. The zero-order valence-electron chi connectivity index (χ0n) is 9.01. The van der Waals surface area contributed by atoms with Crippen LogP contribution in [-0.4, -0.2) is 30.8 Å². The Hall–Kier alpha value is -1.78. The maximum Gasteiger partial charge on any atom is 0.140 e. The number of amidine groups is 1. The van der Waals surface area contributed by atoms with Gasteiger partial charge in [0.25, 0.3) is 0 Å². The Bertz CT molecular complexity index is 329. The van der Waals surface area contributed by atoms with E-state index in [9.17, 15) is 4.39 Å². The standard InChI is InChI=1S/C11H16FN3O/c12-7-9-15(8-6-11(13)14-16)10-4-2-1-3-5-10/h1-5,16H,6-9H2,(H2,13,14). The summed E-state index contributed by atoms with van der Waals surface area (Å²) in [5.41, 5.74) is 6.31. The summed E-state index contributed by atoms with van der Waals surface area (Å²) in [6, 6.07) is 9.50. The molecular weight excluding hydrogens is 209 g/mol. The summed E-state index contributed by atoms with van der Waals surface area (Å²) in [6.45, 7) is 0.414. The number of benzene rings is 1. The van der Waals surface area contributed by atoms with Crippen LogP contribution in [0.25, 0.3) is 0 Å². The fraction of sp³-hybridized carbons (Fsp3) is 0.364. The fourth-order valence-corrected chi connectivity index (χ4v) is 1.41. The summed E-state index contributed by atoms with van der Waals surface area (Å²) in [5.74, 6) is 0.153. The Morgan fingerprint density at radius 2 is 2.00 bits per heavy atom. The number of nitrogens with zero attached hydrogens (tertiary/aromatic N) is 2. The van der Waals surface area contributed by atoms with Gasteiger partial charge in [0.1, 0.15) is 12.5 Å². The smallest absolute Gasteiger partial charge is 0.140 e. The molecule has 1 aromatic carbocycles. The van der Waals surface area contributed by atoms with Crippen molar-refractivity contribution >= 4 is 11.5 Å². The zero-order valence-corrected chi connectivity index (χ0v) is 9.01. The molecule has 4 nitrogen and oxygen atoms in total. The average Bonchev–Trinajstić information content (AvgIpc) is 2.35. The van der Waals surface area contributed by atoms with E-state index in [0.717, 1.165) is 5.69 Å². The summed E-state index contributed by atoms with van der Waals surface area (Å²) in [4.78, 5) is 1.86. The van der Waals surface area contributed by atoms with Gasteiger partial charge in [-0.25, -0.2) is 4.39 Å². The molecule has 5 heteroatoms. The molecule has 0 saturated heterocycles. The van der Waals surface area contributed by atoms with E-state index in [-0.39, 0.29) is 5.84 Å². The van der Waals surface area contributed by atoms with Crippen molar-refractivity contribution in [3.63, 3.8) is 0 Å². The molecule has 0 aliphatic carbocycles. The third-order valence-corrected chi connectivity index (χ3v) is 2.24. The summed E-state index contributed by atoms with van der Waals surface area (Å²) in [5, 5.41) is 11.3. The molecule has 0 saturated carbocycles. The van der Waals surface area contributed by atoms with Crippen molar-refractivity contribution in [3.05, 3.63) is 30.3 Å². The first-order chi connectivity index (χ1) is 7.77. The van der Waals surface area contributed by atoms with Crippen LogP contribution in [0.5, 0.6) is 0 Å². The molecule has 16 heavy (non-hydrogen) atoms. The quantitative estimate of drug-likeness (QED) is 0.334. The lowest BCUT2D eigenvalue weighted by Gasteiger charge is -2.23. The SMILES string of the molecule is N/C(CCN(CCF)c1ccccc1)=N/O. The molecule has 88 valence electrons. The lowest BCUT2D eigenvalue weighted by Crippen LogP contribution is -2.30. The molecule has 1 rings (SSSR count). The Morgan fingerprint density at radius 1 is 1.31 bits per heavy atom. The molecule has 0 amide bonds. The first-order valence-electron chi connectivity index (χ1n) is 5.10. The molecule has 1 aromatic rings.